The molecule has 0 saturated heterocycles. The van der Waals surface area contributed by atoms with E-state index < -0.39 is 17.6 Å². The summed E-state index contributed by atoms with van der Waals surface area (Å²) in [5.41, 5.74) is 0.204. The molecule has 0 fully saturated rings. The third-order valence-corrected chi connectivity index (χ3v) is 4.61. The number of para-hydroxylation sites is 2. The zero-order valence-corrected chi connectivity index (χ0v) is 15.9. The molecule has 154 valence electrons. The van der Waals surface area contributed by atoms with E-state index in [2.05, 4.69) is 15.5 Å². The Morgan fingerprint density at radius 2 is 1.83 bits per heavy atom. The smallest absolute Gasteiger partial charge is 0.418 e. The number of hydrogen-bond donors (Lipinski definition) is 1. The number of rotatable bonds is 5. The van der Waals surface area contributed by atoms with Gasteiger partial charge in [0.05, 0.1) is 16.8 Å². The Morgan fingerprint density at radius 1 is 1.10 bits per heavy atom. The summed E-state index contributed by atoms with van der Waals surface area (Å²) >= 11 is 0. The number of halogens is 3. The van der Waals surface area contributed by atoms with Gasteiger partial charge in [-0.15, -0.1) is 10.2 Å². The molecule has 1 amide bonds. The lowest BCUT2D eigenvalue weighted by molar-refractivity contribution is -0.137. The topological polar surface area (TPSA) is 73.0 Å². The Balaban J connectivity index is 1.64. The lowest BCUT2D eigenvalue weighted by Gasteiger charge is -2.14. The first-order chi connectivity index (χ1) is 14.4. The van der Waals surface area contributed by atoms with Gasteiger partial charge in [0.2, 0.25) is 17.7 Å². The maximum atomic E-state index is 13.2. The Hall–Kier alpha value is -3.62. The molecule has 4 rings (SSSR count). The Morgan fingerprint density at radius 3 is 2.57 bits per heavy atom. The highest BCUT2D eigenvalue weighted by Crippen LogP contribution is 2.35. The minimum Gasteiger partial charge on any atom is -0.421 e. The summed E-state index contributed by atoms with van der Waals surface area (Å²) in [7, 11) is 0. The van der Waals surface area contributed by atoms with Crippen LogP contribution in [0.15, 0.2) is 59.1 Å². The van der Waals surface area contributed by atoms with Crippen LogP contribution in [-0.4, -0.2) is 20.7 Å². The number of benzene rings is 2. The molecule has 0 aliphatic carbocycles. The molecule has 0 saturated carbocycles. The van der Waals surface area contributed by atoms with Crippen molar-refractivity contribution in [2.75, 3.05) is 5.32 Å². The molecular weight excluding hydrogens is 397 g/mol. The summed E-state index contributed by atoms with van der Waals surface area (Å²) in [6, 6.07) is 12.2. The van der Waals surface area contributed by atoms with Crippen LogP contribution in [0.1, 0.15) is 18.4 Å². The first-order valence-electron chi connectivity index (χ1n) is 9.23. The molecular formula is C21H17F3N4O2. The molecule has 30 heavy (non-hydrogen) atoms. The first kappa shape index (κ1) is 19.7. The van der Waals surface area contributed by atoms with Crippen molar-refractivity contribution in [1.29, 1.82) is 0 Å². The van der Waals surface area contributed by atoms with Crippen molar-refractivity contribution >= 4 is 22.5 Å². The number of nitrogens with one attached hydrogen (secondary N) is 1. The van der Waals surface area contributed by atoms with Crippen LogP contribution in [0.5, 0.6) is 0 Å². The first-order valence-corrected chi connectivity index (χ1v) is 9.23. The van der Waals surface area contributed by atoms with Gasteiger partial charge >= 0.3 is 6.18 Å². The van der Waals surface area contributed by atoms with Crippen LogP contribution in [0.2, 0.25) is 0 Å². The number of alkyl halides is 3. The maximum Gasteiger partial charge on any atom is 0.418 e. The molecule has 9 heteroatoms. The highest BCUT2D eigenvalue weighted by Gasteiger charge is 2.33. The van der Waals surface area contributed by atoms with Gasteiger partial charge in [-0.2, -0.15) is 13.2 Å². The molecule has 2 aromatic carbocycles. The highest BCUT2D eigenvalue weighted by atomic mass is 19.4. The molecule has 0 bridgehead atoms. The van der Waals surface area contributed by atoms with Crippen LogP contribution in [0.4, 0.5) is 18.9 Å². The molecule has 0 unspecified atom stereocenters. The normalized spacial score (nSPS) is 11.7. The molecule has 1 N–H and O–H groups in total. The van der Waals surface area contributed by atoms with Crippen LogP contribution < -0.4 is 5.32 Å². The lowest BCUT2D eigenvalue weighted by Crippen LogP contribution is -2.20. The molecule has 0 atom stereocenters. The number of carbonyl (C=O) groups is 1. The van der Waals surface area contributed by atoms with E-state index in [1.54, 1.807) is 10.8 Å². The maximum absolute atomic E-state index is 13.2. The number of aromatic nitrogens is 3. The number of amides is 1. The average Bonchev–Trinajstić information content (AvgIpc) is 3.32. The van der Waals surface area contributed by atoms with E-state index in [-0.39, 0.29) is 12.2 Å². The van der Waals surface area contributed by atoms with Crippen molar-refractivity contribution in [3.05, 3.63) is 66.2 Å². The second kappa shape index (κ2) is 7.66. The van der Waals surface area contributed by atoms with Gasteiger partial charge in [0, 0.05) is 23.5 Å². The molecule has 2 heterocycles. The number of fused-ring (bicyclic) bond motifs is 1. The van der Waals surface area contributed by atoms with Crippen molar-refractivity contribution < 1.29 is 22.4 Å². The Kier molecular flexibility index (Phi) is 5.03. The van der Waals surface area contributed by atoms with Crippen LogP contribution >= 0.6 is 0 Å². The molecule has 0 spiro atoms. The van der Waals surface area contributed by atoms with E-state index in [9.17, 15) is 18.0 Å². The van der Waals surface area contributed by atoms with Crippen molar-refractivity contribution in [1.82, 2.24) is 14.8 Å². The molecule has 0 radical (unpaired) electrons. The van der Waals surface area contributed by atoms with Crippen LogP contribution in [0, 0.1) is 0 Å². The van der Waals surface area contributed by atoms with E-state index in [1.165, 1.54) is 18.2 Å². The summed E-state index contributed by atoms with van der Waals surface area (Å²) in [5.74, 6) is 0.228. The largest absolute Gasteiger partial charge is 0.421 e. The van der Waals surface area contributed by atoms with Gasteiger partial charge in [-0.25, -0.2) is 0 Å². The SMILES string of the molecule is CCc1nnc(-c2cn(CC(=O)Nc3ccccc3C(F)(F)F)c3ccccc23)o1. The molecule has 4 aromatic rings. The predicted octanol–water partition coefficient (Wildman–Crippen LogP) is 4.91. The van der Waals surface area contributed by atoms with Crippen molar-refractivity contribution in [3.8, 4) is 11.5 Å². The minimum atomic E-state index is -4.56. The van der Waals surface area contributed by atoms with Crippen molar-refractivity contribution in [2.24, 2.45) is 0 Å². The lowest BCUT2D eigenvalue weighted by atomic mass is 10.1. The third-order valence-electron chi connectivity index (χ3n) is 4.61. The minimum absolute atomic E-state index is 0.179. The fourth-order valence-corrected chi connectivity index (χ4v) is 3.24. The summed E-state index contributed by atoms with van der Waals surface area (Å²) in [4.78, 5) is 12.6. The second-order valence-corrected chi connectivity index (χ2v) is 6.63. The van der Waals surface area contributed by atoms with Crippen LogP contribution in [0.25, 0.3) is 22.4 Å². The van der Waals surface area contributed by atoms with Gasteiger partial charge in [-0.3, -0.25) is 4.79 Å². The van der Waals surface area contributed by atoms with Gasteiger partial charge in [-0.1, -0.05) is 37.3 Å². The standard InChI is InChI=1S/C21H17F3N4O2/c1-2-19-26-27-20(30-19)14-11-28(17-10-6-3-7-13(14)17)12-18(29)25-16-9-5-4-8-15(16)21(22,23)24/h3-11H,2,12H2,1H3,(H,25,29). The zero-order valence-electron chi connectivity index (χ0n) is 15.9. The molecule has 2 aromatic heterocycles. The number of aryl methyl sites for hydroxylation is 1. The molecule has 6 nitrogen and oxygen atoms in total. The fraction of sp³-hybridized carbons (Fsp3) is 0.190. The van der Waals surface area contributed by atoms with E-state index in [1.807, 2.05) is 31.2 Å². The summed E-state index contributed by atoms with van der Waals surface area (Å²) in [6.45, 7) is 1.71. The van der Waals surface area contributed by atoms with Crippen molar-refractivity contribution in [3.63, 3.8) is 0 Å². The number of carbonyl (C=O) groups excluding carboxylic acids is 1. The number of anilines is 1. The Bertz CT molecular complexity index is 1210. The van der Waals surface area contributed by atoms with E-state index in [0.29, 0.717) is 23.8 Å². The number of hydrogen-bond acceptors (Lipinski definition) is 4. The number of nitrogens with zero attached hydrogens (tertiary/aromatic N) is 3. The van der Waals surface area contributed by atoms with Crippen molar-refractivity contribution in [2.45, 2.75) is 26.1 Å². The van der Waals surface area contributed by atoms with Gasteiger partial charge in [-0.05, 0) is 18.2 Å². The van der Waals surface area contributed by atoms with Gasteiger partial charge < -0.3 is 14.3 Å². The fourth-order valence-electron chi connectivity index (χ4n) is 3.24. The molecule has 0 aliphatic heterocycles. The highest BCUT2D eigenvalue weighted by molar-refractivity contribution is 5.97. The summed E-state index contributed by atoms with van der Waals surface area (Å²) in [5, 5.41) is 11.2. The van der Waals surface area contributed by atoms with Gasteiger partial charge in [0.15, 0.2) is 0 Å². The predicted molar refractivity (Wildman–Crippen MR) is 105 cm³/mol. The van der Waals surface area contributed by atoms with E-state index in [0.717, 1.165) is 17.0 Å². The zero-order chi connectivity index (χ0) is 21.3. The Labute approximate surface area is 169 Å². The summed E-state index contributed by atoms with van der Waals surface area (Å²) < 4.78 is 46.8. The second-order valence-electron chi connectivity index (χ2n) is 6.63. The third kappa shape index (κ3) is 3.78. The van der Waals surface area contributed by atoms with Gasteiger partial charge in [0.25, 0.3) is 0 Å². The molecule has 0 aliphatic rings. The average molecular weight is 414 g/mol. The summed E-state index contributed by atoms with van der Waals surface area (Å²) in [6.07, 6.45) is -2.29. The van der Waals surface area contributed by atoms with Gasteiger partial charge in [0.1, 0.15) is 6.54 Å². The van der Waals surface area contributed by atoms with E-state index >= 15 is 0 Å². The quantitative estimate of drug-likeness (QED) is 0.504. The van der Waals surface area contributed by atoms with E-state index in [4.69, 9.17) is 4.42 Å². The van der Waals surface area contributed by atoms with Crippen LogP contribution in [0.3, 0.4) is 0 Å². The monoisotopic (exact) mass is 414 g/mol. The van der Waals surface area contributed by atoms with Crippen LogP contribution in [-0.2, 0) is 23.9 Å².